The first-order valence-corrected chi connectivity index (χ1v) is 14.2. The number of aldehydes is 1. The molecule has 0 aliphatic heterocycles. The van der Waals surface area contributed by atoms with E-state index in [0.717, 1.165) is 72.2 Å². The quantitative estimate of drug-likeness (QED) is 0.348. The molecule has 2 bridgehead atoms. The van der Waals surface area contributed by atoms with Crippen molar-refractivity contribution in [3.05, 3.63) is 59.7 Å². The maximum absolute atomic E-state index is 12.8. The van der Waals surface area contributed by atoms with Crippen LogP contribution in [0.2, 0.25) is 0 Å². The van der Waals surface area contributed by atoms with Crippen LogP contribution in [-0.4, -0.2) is 67.3 Å². The zero-order valence-electron chi connectivity index (χ0n) is 24.3. The third-order valence-electron chi connectivity index (χ3n) is 8.59. The number of anilines is 2. The highest BCUT2D eigenvalue weighted by Crippen LogP contribution is 2.56. The second kappa shape index (κ2) is 15.0. The van der Waals surface area contributed by atoms with Crippen LogP contribution in [0, 0.1) is 10.8 Å². The predicted octanol–water partition coefficient (Wildman–Crippen LogP) is 3.60. The Balaban J connectivity index is 0.000000260. The highest BCUT2D eigenvalue weighted by molar-refractivity contribution is 5.95. The number of carbonyl (C=O) groups is 6. The second-order valence-electron chi connectivity index (χ2n) is 11.1. The van der Waals surface area contributed by atoms with E-state index in [1.54, 1.807) is 0 Å². The van der Waals surface area contributed by atoms with Crippen molar-refractivity contribution in [2.24, 2.45) is 10.8 Å². The molecule has 0 heterocycles. The molecule has 3 fully saturated rings. The van der Waals surface area contributed by atoms with Crippen LogP contribution in [0.15, 0.2) is 48.5 Å². The lowest BCUT2D eigenvalue weighted by atomic mass is 9.54. The number of hydrogen-bond acceptors (Lipinski definition) is 7. The Morgan fingerprint density at radius 1 is 0.738 bits per heavy atom. The van der Waals surface area contributed by atoms with Crippen LogP contribution in [0.25, 0.3) is 0 Å². The Morgan fingerprint density at radius 2 is 1.24 bits per heavy atom. The maximum atomic E-state index is 12.8. The Morgan fingerprint density at radius 3 is 1.67 bits per heavy atom. The number of benzene rings is 2. The van der Waals surface area contributed by atoms with Gasteiger partial charge in [0.2, 0.25) is 31.0 Å². The molecule has 3 aliphatic rings. The minimum atomic E-state index is -0.335. The number of carbonyl (C=O) groups excluding carboxylic acids is 6. The van der Waals surface area contributed by atoms with E-state index >= 15 is 0 Å². The first-order valence-electron chi connectivity index (χ1n) is 14.2. The molecule has 5 rings (SSSR count). The highest BCUT2D eigenvalue weighted by Gasteiger charge is 2.52. The standard InChI is InChI=1S/C20H24N2O4.C12H16N2O2/c23-13-19-6-9-20(10-7-19,11-8-19)18(26)21-17-3-1-16(2-4-17)5-12-22(14-24)15-25;1-10(16)14(9-15)8-7-11-3-5-12(13-2)6-4-11/h1-4,13-15H,5-12H2,(H,21,26);3-6,9,13H,7-8H2,1-2H3. The van der Waals surface area contributed by atoms with Gasteiger partial charge in [0, 0.05) is 49.3 Å². The monoisotopic (exact) mass is 576 g/mol. The van der Waals surface area contributed by atoms with Crippen molar-refractivity contribution in [3.8, 4) is 0 Å². The third-order valence-corrected chi connectivity index (χ3v) is 8.59. The van der Waals surface area contributed by atoms with Gasteiger partial charge in [-0.1, -0.05) is 24.3 Å². The van der Waals surface area contributed by atoms with Crippen molar-refractivity contribution in [2.75, 3.05) is 30.8 Å². The summed E-state index contributed by atoms with van der Waals surface area (Å²) in [6.45, 7) is 2.15. The number of hydrogen-bond donors (Lipinski definition) is 2. The fourth-order valence-electron chi connectivity index (χ4n) is 5.51. The van der Waals surface area contributed by atoms with E-state index in [1.165, 1.54) is 11.8 Å². The highest BCUT2D eigenvalue weighted by atomic mass is 16.2. The summed E-state index contributed by atoms with van der Waals surface area (Å²) in [7, 11) is 1.86. The minimum Gasteiger partial charge on any atom is -0.388 e. The van der Waals surface area contributed by atoms with Gasteiger partial charge in [-0.3, -0.25) is 33.8 Å². The fraction of sp³-hybridized carbons (Fsp3) is 0.438. The Labute approximate surface area is 246 Å². The number of rotatable bonds is 13. The molecule has 0 radical (unpaired) electrons. The zero-order valence-corrected chi connectivity index (χ0v) is 24.3. The first-order chi connectivity index (χ1) is 20.2. The van der Waals surface area contributed by atoms with Gasteiger partial charge >= 0.3 is 0 Å². The van der Waals surface area contributed by atoms with Crippen LogP contribution < -0.4 is 10.6 Å². The molecule has 2 aromatic carbocycles. The van der Waals surface area contributed by atoms with E-state index in [1.807, 2.05) is 55.6 Å². The Kier molecular flexibility index (Phi) is 11.5. The summed E-state index contributed by atoms with van der Waals surface area (Å²) < 4.78 is 0. The lowest BCUT2D eigenvalue weighted by molar-refractivity contribution is -0.139. The topological polar surface area (TPSA) is 133 Å². The molecule has 2 aromatic rings. The molecule has 42 heavy (non-hydrogen) atoms. The smallest absolute Gasteiger partial charge is 0.230 e. The average Bonchev–Trinajstić information content (AvgIpc) is 3.04. The Bertz CT molecular complexity index is 1210. The summed E-state index contributed by atoms with van der Waals surface area (Å²) in [4.78, 5) is 69.2. The second-order valence-corrected chi connectivity index (χ2v) is 11.1. The summed E-state index contributed by atoms with van der Waals surface area (Å²) in [5.74, 6) is -0.167. The molecule has 0 saturated heterocycles. The van der Waals surface area contributed by atoms with Crippen LogP contribution in [0.5, 0.6) is 0 Å². The van der Waals surface area contributed by atoms with Crippen molar-refractivity contribution in [1.82, 2.24) is 9.80 Å². The van der Waals surface area contributed by atoms with E-state index in [0.29, 0.717) is 45.2 Å². The van der Waals surface area contributed by atoms with Crippen LogP contribution in [0.3, 0.4) is 0 Å². The van der Waals surface area contributed by atoms with Crippen LogP contribution >= 0.6 is 0 Å². The molecule has 10 nitrogen and oxygen atoms in total. The van der Waals surface area contributed by atoms with Gasteiger partial charge in [-0.15, -0.1) is 0 Å². The third kappa shape index (κ3) is 8.34. The lowest BCUT2D eigenvalue weighted by Crippen LogP contribution is -2.48. The number of fused-ring (bicyclic) bond motifs is 3. The lowest BCUT2D eigenvalue weighted by Gasteiger charge is -2.49. The van der Waals surface area contributed by atoms with E-state index in [2.05, 4.69) is 10.6 Å². The molecule has 3 saturated carbocycles. The molecule has 10 heteroatoms. The molecule has 0 spiro atoms. The molecular weight excluding hydrogens is 536 g/mol. The van der Waals surface area contributed by atoms with Gasteiger partial charge < -0.3 is 15.4 Å². The average molecular weight is 577 g/mol. The van der Waals surface area contributed by atoms with Gasteiger partial charge in [0.05, 0.1) is 0 Å². The molecule has 0 unspecified atom stereocenters. The van der Waals surface area contributed by atoms with Crippen molar-refractivity contribution in [3.63, 3.8) is 0 Å². The molecule has 3 aliphatic carbocycles. The summed E-state index contributed by atoms with van der Waals surface area (Å²) >= 11 is 0. The fourth-order valence-corrected chi connectivity index (χ4v) is 5.51. The summed E-state index contributed by atoms with van der Waals surface area (Å²) in [6.07, 6.45) is 8.73. The van der Waals surface area contributed by atoms with E-state index in [-0.39, 0.29) is 22.6 Å². The van der Waals surface area contributed by atoms with Crippen molar-refractivity contribution >= 4 is 48.7 Å². The zero-order chi connectivity index (χ0) is 30.6. The van der Waals surface area contributed by atoms with Crippen molar-refractivity contribution in [1.29, 1.82) is 0 Å². The van der Waals surface area contributed by atoms with Gasteiger partial charge in [-0.05, 0) is 86.8 Å². The maximum Gasteiger partial charge on any atom is 0.230 e. The number of imide groups is 2. The molecule has 0 atom stereocenters. The van der Waals surface area contributed by atoms with Crippen molar-refractivity contribution < 1.29 is 28.8 Å². The van der Waals surface area contributed by atoms with Crippen LogP contribution in [-0.2, 0) is 41.6 Å². The van der Waals surface area contributed by atoms with Crippen molar-refractivity contribution in [2.45, 2.75) is 58.3 Å². The summed E-state index contributed by atoms with van der Waals surface area (Å²) in [5.41, 5.74) is 3.36. The summed E-state index contributed by atoms with van der Waals surface area (Å²) in [6, 6.07) is 15.4. The molecule has 5 amide bonds. The Hall–Kier alpha value is -4.34. The molecule has 0 aromatic heterocycles. The van der Waals surface area contributed by atoms with Gasteiger partial charge in [0.25, 0.3) is 0 Å². The van der Waals surface area contributed by atoms with Gasteiger partial charge in [-0.25, -0.2) is 0 Å². The van der Waals surface area contributed by atoms with E-state index < -0.39 is 0 Å². The predicted molar refractivity (Wildman–Crippen MR) is 159 cm³/mol. The number of nitrogens with zero attached hydrogens (tertiary/aromatic N) is 2. The molecular formula is C32H40N4O6. The molecule has 224 valence electrons. The van der Waals surface area contributed by atoms with Gasteiger partial charge in [-0.2, -0.15) is 0 Å². The van der Waals surface area contributed by atoms with Crippen LogP contribution in [0.4, 0.5) is 11.4 Å². The van der Waals surface area contributed by atoms with E-state index in [9.17, 15) is 28.8 Å². The van der Waals surface area contributed by atoms with Gasteiger partial charge in [0.1, 0.15) is 6.29 Å². The van der Waals surface area contributed by atoms with E-state index in [4.69, 9.17) is 0 Å². The van der Waals surface area contributed by atoms with Gasteiger partial charge in [0.15, 0.2) is 0 Å². The number of nitrogens with one attached hydrogen (secondary N) is 2. The minimum absolute atomic E-state index is 0.0533. The normalized spacial score (nSPS) is 20.2. The largest absolute Gasteiger partial charge is 0.388 e. The first kappa shape index (κ1) is 32.2. The summed E-state index contributed by atoms with van der Waals surface area (Å²) in [5, 5.41) is 6.05. The SMILES string of the molecule is CNc1ccc(CCN(C=O)C(C)=O)cc1.O=CN(C=O)CCc1ccc(NC(=O)C23CCC(C=O)(CC2)CC3)cc1. The molecule has 2 N–H and O–H groups in total. The number of amides is 5. The van der Waals surface area contributed by atoms with Crippen LogP contribution in [0.1, 0.15) is 56.6 Å².